The lowest BCUT2D eigenvalue weighted by atomic mass is 10.1. The van der Waals surface area contributed by atoms with Gasteiger partial charge in [0.15, 0.2) is 0 Å². The maximum atomic E-state index is 12.3. The molecule has 25 heavy (non-hydrogen) atoms. The fraction of sp³-hybridized carbons (Fsp3) is 0.353. The first kappa shape index (κ1) is 16.1. The molecular weight excluding hydrogens is 342 g/mol. The Hall–Kier alpha value is -2.38. The largest absolute Gasteiger partial charge is 0.342 e. The highest BCUT2D eigenvalue weighted by Crippen LogP contribution is 2.31. The molecule has 130 valence electrons. The van der Waals surface area contributed by atoms with Gasteiger partial charge in [-0.1, -0.05) is 30.3 Å². The van der Waals surface area contributed by atoms with Crippen LogP contribution >= 0.6 is 11.8 Å². The van der Waals surface area contributed by atoms with E-state index in [2.05, 4.69) is 15.5 Å². The Morgan fingerprint density at radius 2 is 2.04 bits per heavy atom. The van der Waals surface area contributed by atoms with Gasteiger partial charge < -0.3 is 10.2 Å². The number of amides is 2. The summed E-state index contributed by atoms with van der Waals surface area (Å²) in [5.41, 5.74) is 1.95. The second kappa shape index (κ2) is 6.50. The van der Waals surface area contributed by atoms with Crippen molar-refractivity contribution in [3.63, 3.8) is 0 Å². The Bertz CT molecular complexity index is 791. The molecule has 2 saturated heterocycles. The number of benzene rings is 1. The normalized spacial score (nSPS) is 22.4. The average Bonchev–Trinajstić information content (AvgIpc) is 3.35. The number of likely N-dealkylation sites (tertiary alicyclic amines) is 1. The number of hydrogen-bond donors (Lipinski definition) is 2. The summed E-state index contributed by atoms with van der Waals surface area (Å²) in [5.74, 6) is -0.417. The molecule has 1 aromatic heterocycles. The molecule has 8 heteroatoms. The number of H-pyrrole nitrogens is 1. The highest BCUT2D eigenvalue weighted by atomic mass is 35.5. The summed E-state index contributed by atoms with van der Waals surface area (Å²) in [7, 11) is 0. The molecule has 2 amide bonds. The summed E-state index contributed by atoms with van der Waals surface area (Å²) in [6.45, 7) is 1.29. The molecule has 0 spiro atoms. The Morgan fingerprint density at radius 1 is 1.24 bits per heavy atom. The van der Waals surface area contributed by atoms with Crippen LogP contribution in [0.1, 0.15) is 16.9 Å². The number of halogens is 1. The molecule has 2 N–H and O–H groups in total. The molecule has 3 heterocycles. The van der Waals surface area contributed by atoms with E-state index in [0.717, 1.165) is 12.0 Å². The van der Waals surface area contributed by atoms with Gasteiger partial charge in [0.1, 0.15) is 5.69 Å². The molecule has 2 aliphatic heterocycles. The van der Waals surface area contributed by atoms with Crippen LogP contribution in [0.5, 0.6) is 0 Å². The van der Waals surface area contributed by atoms with Crippen molar-refractivity contribution in [2.24, 2.45) is 0 Å². The van der Waals surface area contributed by atoms with E-state index in [0.29, 0.717) is 24.5 Å². The summed E-state index contributed by atoms with van der Waals surface area (Å²) >= 11 is 6.05. The number of rotatable bonds is 4. The lowest BCUT2D eigenvalue weighted by Gasteiger charge is -2.30. The fourth-order valence-electron chi connectivity index (χ4n) is 3.47. The van der Waals surface area contributed by atoms with E-state index in [4.69, 9.17) is 11.8 Å². The van der Waals surface area contributed by atoms with Crippen LogP contribution < -0.4 is 5.32 Å². The quantitative estimate of drug-likeness (QED) is 0.805. The zero-order valence-corrected chi connectivity index (χ0v) is 14.2. The molecule has 0 saturated carbocycles. The molecule has 2 bridgehead atoms. The number of carbonyl (C=O) groups excluding carboxylic acids is 2. The highest BCUT2D eigenvalue weighted by molar-refractivity contribution is 6.14. The first-order valence-corrected chi connectivity index (χ1v) is 8.56. The zero-order chi connectivity index (χ0) is 17.4. The predicted octanol–water partition coefficient (Wildman–Crippen LogP) is 1.25. The second-order valence-electron chi connectivity index (χ2n) is 6.39. The third-order valence-corrected chi connectivity index (χ3v) is 5.20. The molecule has 2 unspecified atom stereocenters. The van der Waals surface area contributed by atoms with E-state index in [1.54, 1.807) is 10.5 Å². The first-order chi connectivity index (χ1) is 12.1. The topological polar surface area (TPSA) is 81.3 Å². The predicted molar refractivity (Wildman–Crippen MR) is 92.8 cm³/mol. The highest BCUT2D eigenvalue weighted by Gasteiger charge is 2.44. The molecule has 0 aliphatic carbocycles. The maximum Gasteiger partial charge on any atom is 0.269 e. The smallest absolute Gasteiger partial charge is 0.269 e. The number of carbonyl (C=O) groups is 2. The molecule has 1 aromatic carbocycles. The summed E-state index contributed by atoms with van der Waals surface area (Å²) in [6.07, 6.45) is 0.907. The lowest BCUT2D eigenvalue weighted by Crippen LogP contribution is -2.49. The molecule has 7 nitrogen and oxygen atoms in total. The van der Waals surface area contributed by atoms with Gasteiger partial charge >= 0.3 is 0 Å². The van der Waals surface area contributed by atoms with Gasteiger partial charge in [0.2, 0.25) is 5.91 Å². The van der Waals surface area contributed by atoms with E-state index in [1.165, 1.54) is 0 Å². The van der Waals surface area contributed by atoms with Crippen LogP contribution in [-0.2, 0) is 4.79 Å². The van der Waals surface area contributed by atoms with Gasteiger partial charge in [-0.2, -0.15) is 5.10 Å². The molecule has 2 aromatic rings. The number of nitrogens with zero attached hydrogens (tertiary/aromatic N) is 3. The minimum absolute atomic E-state index is 0.0238. The van der Waals surface area contributed by atoms with Gasteiger partial charge in [-0.05, 0) is 24.3 Å². The summed E-state index contributed by atoms with van der Waals surface area (Å²) in [5, 5.41) is 9.53. The van der Waals surface area contributed by atoms with Crippen LogP contribution in [-0.4, -0.2) is 63.0 Å². The van der Waals surface area contributed by atoms with Crippen molar-refractivity contribution in [2.45, 2.75) is 18.5 Å². The van der Waals surface area contributed by atoms with E-state index in [-0.39, 0.29) is 30.4 Å². The minimum Gasteiger partial charge on any atom is -0.342 e. The van der Waals surface area contributed by atoms with E-state index < -0.39 is 0 Å². The standard InChI is InChI=1S/C17H18ClN5O2/c18-23-10-12-6-13(23)9-22(12)16(24)8-19-17(25)15-7-14(20-21-15)11-4-2-1-3-5-11/h1-5,7,12-13H,6,8-10H2,(H,19,25)(H,20,21). The Morgan fingerprint density at radius 3 is 2.72 bits per heavy atom. The van der Waals surface area contributed by atoms with Crippen molar-refractivity contribution in [3.8, 4) is 11.3 Å². The van der Waals surface area contributed by atoms with Crippen LogP contribution in [0.15, 0.2) is 36.4 Å². The van der Waals surface area contributed by atoms with Gasteiger partial charge in [-0.3, -0.25) is 14.7 Å². The van der Waals surface area contributed by atoms with E-state index in [9.17, 15) is 9.59 Å². The van der Waals surface area contributed by atoms with Crippen molar-refractivity contribution in [1.29, 1.82) is 0 Å². The second-order valence-corrected chi connectivity index (χ2v) is 6.82. The molecule has 4 rings (SSSR count). The van der Waals surface area contributed by atoms with Crippen molar-refractivity contribution >= 4 is 23.6 Å². The molecule has 2 aliphatic rings. The average molecular weight is 360 g/mol. The number of fused-ring (bicyclic) bond motifs is 2. The number of piperazine rings is 1. The van der Waals surface area contributed by atoms with Crippen molar-refractivity contribution < 1.29 is 9.59 Å². The Kier molecular flexibility index (Phi) is 4.19. The van der Waals surface area contributed by atoms with Gasteiger partial charge in [-0.25, -0.2) is 4.42 Å². The fourth-order valence-corrected chi connectivity index (χ4v) is 3.77. The van der Waals surface area contributed by atoms with Crippen LogP contribution in [0.2, 0.25) is 0 Å². The summed E-state index contributed by atoms with van der Waals surface area (Å²) < 4.78 is 1.77. The monoisotopic (exact) mass is 359 g/mol. The minimum atomic E-state index is -0.341. The van der Waals surface area contributed by atoms with Crippen molar-refractivity contribution in [2.75, 3.05) is 19.6 Å². The number of hydrogen-bond acceptors (Lipinski definition) is 4. The van der Waals surface area contributed by atoms with Gasteiger partial charge in [0, 0.05) is 30.7 Å². The first-order valence-electron chi connectivity index (χ1n) is 8.23. The van der Waals surface area contributed by atoms with Crippen LogP contribution in [0.3, 0.4) is 0 Å². The molecule has 0 radical (unpaired) electrons. The van der Waals surface area contributed by atoms with Crippen LogP contribution in [0.4, 0.5) is 0 Å². The number of aromatic nitrogens is 2. The molecule has 2 fully saturated rings. The van der Waals surface area contributed by atoms with E-state index in [1.807, 2.05) is 35.2 Å². The van der Waals surface area contributed by atoms with Crippen LogP contribution in [0, 0.1) is 0 Å². The lowest BCUT2D eigenvalue weighted by molar-refractivity contribution is -0.131. The van der Waals surface area contributed by atoms with Gasteiger partial charge in [0.25, 0.3) is 5.91 Å². The third kappa shape index (κ3) is 3.12. The number of nitrogens with one attached hydrogen (secondary N) is 2. The maximum absolute atomic E-state index is 12.3. The van der Waals surface area contributed by atoms with Crippen LogP contribution in [0.25, 0.3) is 11.3 Å². The third-order valence-electron chi connectivity index (χ3n) is 4.79. The summed E-state index contributed by atoms with van der Waals surface area (Å²) in [4.78, 5) is 26.4. The van der Waals surface area contributed by atoms with Gasteiger partial charge in [-0.15, -0.1) is 0 Å². The van der Waals surface area contributed by atoms with E-state index >= 15 is 0 Å². The van der Waals surface area contributed by atoms with Crippen molar-refractivity contribution in [3.05, 3.63) is 42.1 Å². The molecular formula is C17H18ClN5O2. The Balaban J connectivity index is 1.34. The SMILES string of the molecule is O=C(NCC(=O)N1CC2CC1CN2Cl)c1cc(-c2ccccc2)n[nH]1. The number of aromatic amines is 1. The summed E-state index contributed by atoms with van der Waals surface area (Å²) in [6, 6.07) is 11.6. The Labute approximate surface area is 150 Å². The van der Waals surface area contributed by atoms with Gasteiger partial charge in [0.05, 0.1) is 12.2 Å². The molecule has 2 atom stereocenters. The van der Waals surface area contributed by atoms with Crippen molar-refractivity contribution in [1.82, 2.24) is 24.8 Å². The zero-order valence-electron chi connectivity index (χ0n) is 13.5.